The SMILES string of the molecule is COc1ccc(S(=O)(=O)N2C[C@@H](C(=O)NCc3cccc(CN4CCCC4)c3)Oc3ccc(C(C)(C)C)cc32)cc1. The van der Waals surface area contributed by atoms with Crippen LogP contribution in [0.15, 0.2) is 71.6 Å². The van der Waals surface area contributed by atoms with Gasteiger partial charge in [-0.15, -0.1) is 0 Å². The Balaban J connectivity index is 1.37. The Morgan fingerprint density at radius 3 is 2.39 bits per heavy atom. The Morgan fingerprint density at radius 2 is 1.71 bits per heavy atom. The van der Waals surface area contributed by atoms with Crippen molar-refractivity contribution in [2.45, 2.75) is 63.1 Å². The molecule has 0 bridgehead atoms. The maximum Gasteiger partial charge on any atom is 0.264 e. The van der Waals surface area contributed by atoms with E-state index in [1.54, 1.807) is 18.2 Å². The number of carbonyl (C=O) groups excluding carboxylic acids is 1. The molecule has 218 valence electrons. The maximum atomic E-state index is 13.9. The molecule has 3 aromatic carbocycles. The first-order valence-electron chi connectivity index (χ1n) is 14.1. The third-order valence-electron chi connectivity index (χ3n) is 7.70. The van der Waals surface area contributed by atoms with E-state index in [4.69, 9.17) is 9.47 Å². The van der Waals surface area contributed by atoms with Crippen molar-refractivity contribution in [3.05, 3.63) is 83.4 Å². The lowest BCUT2D eigenvalue weighted by molar-refractivity contribution is -0.127. The third kappa shape index (κ3) is 6.52. The van der Waals surface area contributed by atoms with Gasteiger partial charge in [0, 0.05) is 13.1 Å². The van der Waals surface area contributed by atoms with Crippen LogP contribution in [0.1, 0.15) is 50.3 Å². The second-order valence-corrected chi connectivity index (χ2v) is 13.6. The number of anilines is 1. The molecule has 1 N–H and O–H groups in total. The number of ether oxygens (including phenoxy) is 2. The number of hydrogen-bond acceptors (Lipinski definition) is 6. The van der Waals surface area contributed by atoms with Crippen molar-refractivity contribution < 1.29 is 22.7 Å². The van der Waals surface area contributed by atoms with E-state index in [9.17, 15) is 13.2 Å². The molecule has 0 radical (unpaired) electrons. The second-order valence-electron chi connectivity index (χ2n) is 11.8. The summed E-state index contributed by atoms with van der Waals surface area (Å²) < 4.78 is 40.5. The van der Waals surface area contributed by atoms with Gasteiger partial charge in [-0.05, 0) is 84.4 Å². The smallest absolute Gasteiger partial charge is 0.264 e. The summed E-state index contributed by atoms with van der Waals surface area (Å²) in [5.74, 6) is 0.549. The number of fused-ring (bicyclic) bond motifs is 1. The van der Waals surface area contributed by atoms with Gasteiger partial charge < -0.3 is 14.8 Å². The van der Waals surface area contributed by atoms with Crippen LogP contribution in [0.2, 0.25) is 0 Å². The van der Waals surface area contributed by atoms with E-state index in [0.717, 1.165) is 30.8 Å². The lowest BCUT2D eigenvalue weighted by atomic mass is 9.86. The summed E-state index contributed by atoms with van der Waals surface area (Å²) in [5.41, 5.74) is 3.39. The van der Waals surface area contributed by atoms with E-state index < -0.39 is 16.1 Å². The van der Waals surface area contributed by atoms with Gasteiger partial charge >= 0.3 is 0 Å². The van der Waals surface area contributed by atoms with Crippen molar-refractivity contribution in [3.8, 4) is 11.5 Å². The Hall–Kier alpha value is -3.56. The minimum Gasteiger partial charge on any atom is -0.497 e. The highest BCUT2D eigenvalue weighted by Gasteiger charge is 2.38. The summed E-state index contributed by atoms with van der Waals surface area (Å²) in [4.78, 5) is 15.9. The Kier molecular flexibility index (Phi) is 8.29. The number of rotatable bonds is 8. The molecule has 1 fully saturated rings. The highest BCUT2D eigenvalue weighted by atomic mass is 32.2. The zero-order valence-electron chi connectivity index (χ0n) is 24.2. The molecule has 3 aromatic rings. The first kappa shape index (κ1) is 29.0. The van der Waals surface area contributed by atoms with Gasteiger partial charge in [-0.3, -0.25) is 14.0 Å². The summed E-state index contributed by atoms with van der Waals surface area (Å²) >= 11 is 0. The molecule has 0 aromatic heterocycles. The molecule has 9 heteroatoms. The summed E-state index contributed by atoms with van der Waals surface area (Å²) in [6, 6.07) is 20.0. The Morgan fingerprint density at radius 1 is 1.00 bits per heavy atom. The Labute approximate surface area is 243 Å². The molecule has 0 saturated carbocycles. The van der Waals surface area contributed by atoms with Crippen LogP contribution in [0.3, 0.4) is 0 Å². The molecule has 0 unspecified atom stereocenters. The molecular formula is C32H39N3O5S. The lowest BCUT2D eigenvalue weighted by Gasteiger charge is -2.36. The molecule has 41 heavy (non-hydrogen) atoms. The Bertz CT molecular complexity index is 1490. The van der Waals surface area contributed by atoms with Crippen molar-refractivity contribution in [2.75, 3.05) is 31.0 Å². The molecule has 1 saturated heterocycles. The van der Waals surface area contributed by atoms with Crippen LogP contribution in [-0.2, 0) is 33.3 Å². The topological polar surface area (TPSA) is 88.2 Å². The normalized spacial score (nSPS) is 17.6. The molecule has 8 nitrogen and oxygen atoms in total. The van der Waals surface area contributed by atoms with E-state index in [1.807, 2.05) is 24.3 Å². The predicted octanol–water partition coefficient (Wildman–Crippen LogP) is 4.86. The van der Waals surface area contributed by atoms with Crippen LogP contribution in [0.5, 0.6) is 11.5 Å². The quantitative estimate of drug-likeness (QED) is 0.412. The number of nitrogens with zero attached hydrogens (tertiary/aromatic N) is 2. The fourth-order valence-electron chi connectivity index (χ4n) is 5.30. The average molecular weight is 578 g/mol. The number of likely N-dealkylation sites (tertiary alicyclic amines) is 1. The standard InChI is InChI=1S/C32H39N3O5S/c1-32(2,3)25-10-15-29-28(19-25)35(41(37,38)27-13-11-26(39-4)12-14-27)22-30(40-29)31(36)33-20-23-8-7-9-24(18-23)21-34-16-5-6-17-34/h7-15,18-19,30H,5-6,16-17,20-22H2,1-4H3,(H,33,36)/t30-/m0/s1. The third-order valence-corrected chi connectivity index (χ3v) is 9.49. The molecule has 2 aliphatic rings. The van der Waals surface area contributed by atoms with Crippen LogP contribution in [0.25, 0.3) is 0 Å². The molecule has 0 aliphatic carbocycles. The first-order chi connectivity index (χ1) is 19.5. The van der Waals surface area contributed by atoms with Gasteiger partial charge in [-0.2, -0.15) is 0 Å². The van der Waals surface area contributed by atoms with Gasteiger partial charge in [0.05, 0.1) is 24.2 Å². The highest BCUT2D eigenvalue weighted by molar-refractivity contribution is 7.92. The van der Waals surface area contributed by atoms with Gasteiger partial charge in [0.15, 0.2) is 6.10 Å². The van der Waals surface area contributed by atoms with Gasteiger partial charge in [0.2, 0.25) is 0 Å². The summed E-state index contributed by atoms with van der Waals surface area (Å²) in [5, 5.41) is 2.97. The van der Waals surface area contributed by atoms with Crippen LogP contribution in [-0.4, -0.2) is 52.1 Å². The molecule has 1 amide bonds. The average Bonchev–Trinajstić information content (AvgIpc) is 3.47. The number of benzene rings is 3. The van der Waals surface area contributed by atoms with Gasteiger partial charge in [-0.25, -0.2) is 8.42 Å². The molecule has 5 rings (SSSR count). The molecule has 2 aliphatic heterocycles. The van der Waals surface area contributed by atoms with Crippen LogP contribution in [0.4, 0.5) is 5.69 Å². The minimum atomic E-state index is -4.00. The van der Waals surface area contributed by atoms with E-state index in [-0.39, 0.29) is 22.8 Å². The van der Waals surface area contributed by atoms with Crippen LogP contribution < -0.4 is 19.1 Å². The molecule has 0 spiro atoms. The first-order valence-corrected chi connectivity index (χ1v) is 15.5. The van der Waals surface area contributed by atoms with Crippen LogP contribution in [0, 0.1) is 0 Å². The number of sulfonamides is 1. The van der Waals surface area contributed by atoms with E-state index in [1.165, 1.54) is 42.0 Å². The van der Waals surface area contributed by atoms with Gasteiger partial charge in [0.1, 0.15) is 11.5 Å². The van der Waals surface area contributed by atoms with Crippen molar-refractivity contribution >= 4 is 21.6 Å². The number of amides is 1. The number of carbonyl (C=O) groups is 1. The minimum absolute atomic E-state index is 0.112. The van der Waals surface area contributed by atoms with Gasteiger partial charge in [-0.1, -0.05) is 51.1 Å². The number of hydrogen-bond donors (Lipinski definition) is 1. The van der Waals surface area contributed by atoms with Crippen molar-refractivity contribution in [2.24, 2.45) is 0 Å². The van der Waals surface area contributed by atoms with Gasteiger partial charge in [0.25, 0.3) is 15.9 Å². The number of nitrogens with one attached hydrogen (secondary N) is 1. The zero-order valence-corrected chi connectivity index (χ0v) is 25.0. The fourth-order valence-corrected chi connectivity index (χ4v) is 6.76. The maximum absolute atomic E-state index is 13.9. The van der Waals surface area contributed by atoms with Crippen molar-refractivity contribution in [3.63, 3.8) is 0 Å². The highest BCUT2D eigenvalue weighted by Crippen LogP contribution is 2.40. The molecule has 1 atom stereocenters. The summed E-state index contributed by atoms with van der Waals surface area (Å²) in [7, 11) is -2.47. The second kappa shape index (κ2) is 11.7. The van der Waals surface area contributed by atoms with Crippen molar-refractivity contribution in [1.82, 2.24) is 10.2 Å². The van der Waals surface area contributed by atoms with E-state index in [0.29, 0.717) is 23.7 Å². The molecular weight excluding hydrogens is 538 g/mol. The predicted molar refractivity (Wildman–Crippen MR) is 160 cm³/mol. The largest absolute Gasteiger partial charge is 0.497 e. The molecule has 2 heterocycles. The summed E-state index contributed by atoms with van der Waals surface area (Å²) in [6.07, 6.45) is 1.47. The van der Waals surface area contributed by atoms with Crippen molar-refractivity contribution in [1.29, 1.82) is 0 Å². The fraction of sp³-hybridized carbons (Fsp3) is 0.406. The van der Waals surface area contributed by atoms with E-state index >= 15 is 0 Å². The summed E-state index contributed by atoms with van der Waals surface area (Å²) in [6.45, 7) is 9.52. The zero-order chi connectivity index (χ0) is 29.2. The lowest BCUT2D eigenvalue weighted by Crippen LogP contribution is -2.50. The number of methoxy groups -OCH3 is 1. The van der Waals surface area contributed by atoms with E-state index in [2.05, 4.69) is 43.1 Å². The monoisotopic (exact) mass is 577 g/mol. The van der Waals surface area contributed by atoms with Crippen LogP contribution >= 0.6 is 0 Å².